The van der Waals surface area contributed by atoms with Crippen molar-refractivity contribution in [3.05, 3.63) is 42.4 Å². The van der Waals surface area contributed by atoms with Gasteiger partial charge in [0.2, 0.25) is 0 Å². The van der Waals surface area contributed by atoms with Gasteiger partial charge in [-0.05, 0) is 38.9 Å². The fourth-order valence-electron chi connectivity index (χ4n) is 3.88. The molecule has 2 aromatic heterocycles. The number of carbonyl (C=O) groups excluding carboxylic acids is 1. The molecule has 0 fully saturated rings. The maximum Gasteiger partial charge on any atom is 0.359 e. The van der Waals surface area contributed by atoms with Crippen LogP contribution >= 0.6 is 0 Å². The minimum atomic E-state index is -0.187. The quantitative estimate of drug-likeness (QED) is 0.436. The van der Waals surface area contributed by atoms with E-state index in [1.807, 2.05) is 31.6 Å². The molecule has 2 unspecified atom stereocenters. The van der Waals surface area contributed by atoms with E-state index in [1.54, 1.807) is 4.57 Å². The van der Waals surface area contributed by atoms with E-state index in [4.69, 9.17) is 4.98 Å². The van der Waals surface area contributed by atoms with Gasteiger partial charge < -0.3 is 10.3 Å². The molecule has 4 rings (SSSR count). The molecule has 1 aromatic carbocycles. The topological polar surface area (TPSA) is 73.7 Å². The molecule has 3 N–H and O–H groups in total. The molecule has 6 nitrogen and oxygen atoms in total. The number of aromatic nitrogens is 3. The van der Waals surface area contributed by atoms with Gasteiger partial charge in [0.1, 0.15) is 17.6 Å². The number of anilines is 1. The smallest absolute Gasteiger partial charge is 0.359 e. The summed E-state index contributed by atoms with van der Waals surface area (Å²) < 4.78 is 1.79. The van der Waals surface area contributed by atoms with Gasteiger partial charge in [-0.3, -0.25) is 5.32 Å². The first-order chi connectivity index (χ1) is 13.6. The number of aromatic amines is 1. The number of H-pyrrole nitrogens is 1. The average molecular weight is 379 g/mol. The second-order valence-electron chi connectivity index (χ2n) is 7.59. The standard InChI is InChI=1S/C22H27N5O/c1-4-14(2)20-22(28)27-13-19(16-12-24-17-9-6-5-8-15(16)17)25-18(21(27)26-20)10-7-11-23-3/h5-6,8-9,12-14,20,23-24H,4,7,10-11H2,1-3H3/p+1. The van der Waals surface area contributed by atoms with E-state index < -0.39 is 0 Å². The number of carbonyl (C=O) groups is 1. The number of nitrogens with one attached hydrogen (secondary N) is 3. The van der Waals surface area contributed by atoms with Crippen LogP contribution in [0.2, 0.25) is 0 Å². The molecule has 0 saturated heterocycles. The Morgan fingerprint density at radius 3 is 2.93 bits per heavy atom. The molecule has 0 aliphatic carbocycles. The number of hydrogen-bond donors (Lipinski definition) is 3. The summed E-state index contributed by atoms with van der Waals surface area (Å²) in [4.78, 5) is 21.4. The number of aryl methyl sites for hydroxylation is 1. The van der Waals surface area contributed by atoms with E-state index in [9.17, 15) is 4.79 Å². The van der Waals surface area contributed by atoms with Gasteiger partial charge in [0.25, 0.3) is 0 Å². The van der Waals surface area contributed by atoms with Crippen molar-refractivity contribution < 1.29 is 9.36 Å². The van der Waals surface area contributed by atoms with Crippen LogP contribution in [0.25, 0.3) is 22.2 Å². The zero-order chi connectivity index (χ0) is 19.7. The molecule has 2 atom stereocenters. The predicted molar refractivity (Wildman–Crippen MR) is 111 cm³/mol. The van der Waals surface area contributed by atoms with Crippen LogP contribution in [0.4, 0.5) is 5.82 Å². The number of rotatable bonds is 7. The maximum absolute atomic E-state index is 13.1. The fraction of sp³-hybridized carbons (Fsp3) is 0.409. The van der Waals surface area contributed by atoms with Gasteiger partial charge in [0, 0.05) is 28.6 Å². The zero-order valence-corrected chi connectivity index (χ0v) is 16.7. The molecular weight excluding hydrogens is 350 g/mol. The van der Waals surface area contributed by atoms with Crippen molar-refractivity contribution in [1.82, 2.24) is 15.3 Å². The van der Waals surface area contributed by atoms with Crippen molar-refractivity contribution in [3.63, 3.8) is 0 Å². The van der Waals surface area contributed by atoms with Gasteiger partial charge in [-0.25, -0.2) is 9.78 Å². The molecule has 3 aromatic rings. The average Bonchev–Trinajstić information content (AvgIpc) is 3.29. The molecule has 0 saturated carbocycles. The van der Waals surface area contributed by atoms with Gasteiger partial charge in [-0.15, -0.1) is 0 Å². The van der Waals surface area contributed by atoms with Crippen molar-refractivity contribution in [3.8, 4) is 11.3 Å². The Bertz CT molecular complexity index is 1010. The Hall–Kier alpha value is -2.73. The van der Waals surface area contributed by atoms with E-state index >= 15 is 0 Å². The third-order valence-electron chi connectivity index (χ3n) is 5.74. The van der Waals surface area contributed by atoms with Crippen molar-refractivity contribution in [2.24, 2.45) is 5.92 Å². The first-order valence-corrected chi connectivity index (χ1v) is 10.1. The molecule has 1 aliphatic rings. The lowest BCUT2D eigenvalue weighted by atomic mass is 9.99. The second kappa shape index (κ2) is 7.72. The number of fused-ring (bicyclic) bond motifs is 2. The Labute approximate surface area is 165 Å². The summed E-state index contributed by atoms with van der Waals surface area (Å²) in [6, 6.07) is 8.00. The minimum Gasteiger partial charge on any atom is -0.360 e. The van der Waals surface area contributed by atoms with Gasteiger partial charge in [-0.1, -0.05) is 32.0 Å². The van der Waals surface area contributed by atoms with Crippen LogP contribution in [-0.2, 0) is 6.42 Å². The highest BCUT2D eigenvalue weighted by Crippen LogP contribution is 2.29. The summed E-state index contributed by atoms with van der Waals surface area (Å²) >= 11 is 0. The van der Waals surface area contributed by atoms with Crippen LogP contribution in [0.3, 0.4) is 0 Å². The summed E-state index contributed by atoms with van der Waals surface area (Å²) in [6.45, 7) is 5.16. The number of nitrogens with zero attached hydrogens (tertiary/aromatic N) is 2. The highest BCUT2D eigenvalue weighted by Gasteiger charge is 2.43. The molecule has 0 radical (unpaired) electrons. The molecular formula is C22H28N5O+. The monoisotopic (exact) mass is 378 g/mol. The van der Waals surface area contributed by atoms with Crippen LogP contribution in [0.5, 0.6) is 0 Å². The van der Waals surface area contributed by atoms with Crippen molar-refractivity contribution in [1.29, 1.82) is 0 Å². The molecule has 0 bridgehead atoms. The third kappa shape index (κ3) is 3.18. The predicted octanol–water partition coefficient (Wildman–Crippen LogP) is 3.15. The van der Waals surface area contributed by atoms with Crippen molar-refractivity contribution >= 4 is 22.6 Å². The third-order valence-corrected chi connectivity index (χ3v) is 5.74. The Morgan fingerprint density at radius 1 is 1.32 bits per heavy atom. The Morgan fingerprint density at radius 2 is 2.14 bits per heavy atom. The highest BCUT2D eigenvalue weighted by atomic mass is 16.2. The molecule has 28 heavy (non-hydrogen) atoms. The lowest BCUT2D eigenvalue weighted by Crippen LogP contribution is -2.45. The van der Waals surface area contributed by atoms with E-state index in [-0.39, 0.29) is 17.9 Å². The fourth-order valence-corrected chi connectivity index (χ4v) is 3.88. The van der Waals surface area contributed by atoms with Crippen LogP contribution in [0.15, 0.2) is 36.7 Å². The highest BCUT2D eigenvalue weighted by molar-refractivity contribution is 5.94. The summed E-state index contributed by atoms with van der Waals surface area (Å²) in [6.07, 6.45) is 6.62. The summed E-state index contributed by atoms with van der Waals surface area (Å²) in [5, 5.41) is 7.77. The van der Waals surface area contributed by atoms with Gasteiger partial charge in [-0.2, -0.15) is 4.57 Å². The Kier molecular flexibility index (Phi) is 5.13. The number of para-hydroxylation sites is 1. The van der Waals surface area contributed by atoms with Gasteiger partial charge in [0.05, 0.1) is 0 Å². The van der Waals surface area contributed by atoms with E-state index in [0.717, 1.165) is 59.5 Å². The largest absolute Gasteiger partial charge is 0.360 e. The van der Waals surface area contributed by atoms with E-state index in [2.05, 4.69) is 41.6 Å². The molecule has 1 aliphatic heterocycles. The second-order valence-corrected chi connectivity index (χ2v) is 7.59. The molecule has 146 valence electrons. The van der Waals surface area contributed by atoms with Crippen molar-refractivity contribution in [2.45, 2.75) is 39.2 Å². The van der Waals surface area contributed by atoms with Crippen LogP contribution in [0, 0.1) is 5.92 Å². The molecule has 3 heterocycles. The number of benzene rings is 1. The summed E-state index contributed by atoms with van der Waals surface area (Å²) in [5.41, 5.74) is 3.89. The SMILES string of the molecule is CCC(C)C1Nc2c(CCCNC)nc(-c3c[nH]c4ccccc34)c[n+]2C1=O. The molecule has 6 heteroatoms. The van der Waals surface area contributed by atoms with Crippen molar-refractivity contribution in [2.75, 3.05) is 18.9 Å². The number of hydrogen-bond acceptors (Lipinski definition) is 4. The van der Waals surface area contributed by atoms with E-state index in [1.165, 1.54) is 0 Å². The first kappa shape index (κ1) is 18.6. The normalized spacial score (nSPS) is 17.0. The summed E-state index contributed by atoms with van der Waals surface area (Å²) in [7, 11) is 1.95. The van der Waals surface area contributed by atoms with Crippen LogP contribution in [-0.4, -0.2) is 35.5 Å². The van der Waals surface area contributed by atoms with Gasteiger partial charge in [0.15, 0.2) is 6.04 Å². The Balaban J connectivity index is 1.80. The van der Waals surface area contributed by atoms with Crippen LogP contribution < -0.4 is 15.2 Å². The van der Waals surface area contributed by atoms with E-state index in [0.29, 0.717) is 0 Å². The molecule has 0 spiro atoms. The maximum atomic E-state index is 13.1. The molecule has 0 amide bonds. The van der Waals surface area contributed by atoms with Crippen LogP contribution in [0.1, 0.15) is 37.2 Å². The minimum absolute atomic E-state index is 0.114. The first-order valence-electron chi connectivity index (χ1n) is 10.1. The lowest BCUT2D eigenvalue weighted by molar-refractivity contribution is -0.553. The summed E-state index contributed by atoms with van der Waals surface area (Å²) in [5.74, 6) is 1.24. The lowest BCUT2D eigenvalue weighted by Gasteiger charge is -2.09. The zero-order valence-electron chi connectivity index (χ0n) is 16.7. The van der Waals surface area contributed by atoms with Gasteiger partial charge >= 0.3 is 11.7 Å².